The van der Waals surface area contributed by atoms with Gasteiger partial charge in [-0.05, 0) is 30.5 Å². The largest absolute Gasteiger partial charge is 0.497 e. The molecule has 204 valence electrons. The smallest absolute Gasteiger partial charge is 0.246 e. The second-order valence-corrected chi connectivity index (χ2v) is 9.37. The molecule has 12 heteroatoms. The van der Waals surface area contributed by atoms with Crippen LogP contribution in [0.4, 0.5) is 0 Å². The molecule has 0 aliphatic carbocycles. The number of hydrogen-bond donors (Lipinski definition) is 4. The number of hydrogen-bond acceptors (Lipinski definition) is 8. The van der Waals surface area contributed by atoms with Gasteiger partial charge in [0, 0.05) is 32.6 Å². The first-order valence-electron chi connectivity index (χ1n) is 12.5. The Labute approximate surface area is 216 Å². The van der Waals surface area contributed by atoms with Crippen molar-refractivity contribution in [1.82, 2.24) is 20.9 Å². The summed E-state index contributed by atoms with van der Waals surface area (Å²) in [4.78, 5) is 52.1. The summed E-state index contributed by atoms with van der Waals surface area (Å²) in [5.41, 5.74) is 5.71. The quantitative estimate of drug-likeness (QED) is 0.396. The molecule has 2 saturated heterocycles. The van der Waals surface area contributed by atoms with E-state index in [1.54, 1.807) is 7.11 Å². The summed E-state index contributed by atoms with van der Waals surface area (Å²) in [6.07, 6.45) is 0.694. The number of rotatable bonds is 4. The molecule has 4 amide bonds. The molecule has 2 heterocycles. The number of benzene rings is 1. The molecule has 5 N–H and O–H groups in total. The molecular formula is C25H37N5O7. The monoisotopic (exact) mass is 519 g/mol. The topological polar surface area (TPSA) is 161 Å². The van der Waals surface area contributed by atoms with Gasteiger partial charge in [0.2, 0.25) is 23.6 Å². The molecule has 37 heavy (non-hydrogen) atoms. The summed E-state index contributed by atoms with van der Waals surface area (Å²) in [5.74, 6) is -1.25. The molecule has 2 fully saturated rings. The molecule has 3 rings (SSSR count). The zero-order chi connectivity index (χ0) is 26.7. The average Bonchev–Trinajstić information content (AvgIpc) is 2.86. The number of piperidine rings is 1. The Kier molecular flexibility index (Phi) is 10.7. The number of ether oxygens (including phenoxy) is 3. The fraction of sp³-hybridized carbons (Fsp3) is 0.600. The summed E-state index contributed by atoms with van der Waals surface area (Å²) in [6.45, 7) is 2.77. The van der Waals surface area contributed by atoms with Gasteiger partial charge >= 0.3 is 0 Å². The summed E-state index contributed by atoms with van der Waals surface area (Å²) in [7, 11) is 1.63. The van der Waals surface area contributed by atoms with Gasteiger partial charge in [-0.1, -0.05) is 12.1 Å². The van der Waals surface area contributed by atoms with E-state index in [4.69, 9.17) is 19.9 Å². The maximum atomic E-state index is 13.0. The van der Waals surface area contributed by atoms with Crippen LogP contribution in [0.2, 0.25) is 0 Å². The molecule has 0 radical (unpaired) electrons. The lowest BCUT2D eigenvalue weighted by atomic mass is 9.83. The Morgan fingerprint density at radius 2 is 1.86 bits per heavy atom. The number of carbonyl (C=O) groups excluding carboxylic acids is 4. The van der Waals surface area contributed by atoms with Gasteiger partial charge in [-0.3, -0.25) is 24.1 Å². The van der Waals surface area contributed by atoms with E-state index in [1.165, 1.54) is 0 Å². The third-order valence-corrected chi connectivity index (χ3v) is 6.50. The molecular weight excluding hydrogens is 482 g/mol. The van der Waals surface area contributed by atoms with E-state index in [1.807, 2.05) is 24.3 Å². The van der Waals surface area contributed by atoms with Crippen molar-refractivity contribution in [1.29, 1.82) is 0 Å². The van der Waals surface area contributed by atoms with Crippen molar-refractivity contribution >= 4 is 23.6 Å². The van der Waals surface area contributed by atoms with Gasteiger partial charge in [0.1, 0.15) is 18.4 Å². The van der Waals surface area contributed by atoms with Crippen LogP contribution < -0.4 is 26.4 Å². The molecule has 1 aromatic carbocycles. The van der Waals surface area contributed by atoms with Crippen molar-refractivity contribution in [2.45, 2.75) is 43.8 Å². The molecule has 1 atom stereocenters. The number of nitrogens with two attached hydrogens (primary N) is 1. The zero-order valence-corrected chi connectivity index (χ0v) is 21.3. The highest BCUT2D eigenvalue weighted by Crippen LogP contribution is 2.28. The highest BCUT2D eigenvalue weighted by molar-refractivity contribution is 5.91. The Bertz CT molecular complexity index is 949. The van der Waals surface area contributed by atoms with Gasteiger partial charge in [0.25, 0.3) is 0 Å². The van der Waals surface area contributed by atoms with Crippen LogP contribution in [0.15, 0.2) is 24.3 Å². The number of likely N-dealkylation sites (tertiary alicyclic amines) is 1. The Balaban J connectivity index is 1.69. The van der Waals surface area contributed by atoms with Crippen LogP contribution >= 0.6 is 0 Å². The van der Waals surface area contributed by atoms with Crippen LogP contribution in [0.1, 0.15) is 31.2 Å². The van der Waals surface area contributed by atoms with Gasteiger partial charge in [-0.25, -0.2) is 0 Å². The van der Waals surface area contributed by atoms with Crippen LogP contribution in [-0.2, 0) is 35.2 Å². The van der Waals surface area contributed by atoms with Gasteiger partial charge < -0.3 is 35.9 Å². The van der Waals surface area contributed by atoms with Crippen LogP contribution in [0.25, 0.3) is 0 Å². The number of nitrogens with zero attached hydrogens (tertiary/aromatic N) is 1. The minimum absolute atomic E-state index is 0.0553. The van der Waals surface area contributed by atoms with E-state index in [0.29, 0.717) is 32.5 Å². The second kappa shape index (κ2) is 13.9. The standard InChI is InChI=1S/C25H37N5O7/c1-35-19-4-2-3-18(13-19)16-30-8-5-25(6-9-30)15-22(32)28-20(24(26)34)14-21(31)27-7-10-36-11-12-37-17-23(33)29-25/h2-4,13,20H,5-12,14-17H2,1H3,(H2,26,34)(H,27,31)(H,28,32)(H,29,33)/t20-/m0/s1. The molecule has 12 nitrogen and oxygen atoms in total. The maximum Gasteiger partial charge on any atom is 0.246 e. The Hall–Kier alpha value is -3.22. The summed E-state index contributed by atoms with van der Waals surface area (Å²) < 4.78 is 16.1. The number of carbonyl (C=O) groups is 4. The normalized spacial score (nSPS) is 22.8. The van der Waals surface area contributed by atoms with Crippen LogP contribution in [-0.4, -0.2) is 93.3 Å². The van der Waals surface area contributed by atoms with Crippen molar-refractivity contribution in [3.05, 3.63) is 29.8 Å². The van der Waals surface area contributed by atoms with E-state index in [2.05, 4.69) is 20.9 Å². The number of methoxy groups -OCH3 is 1. The molecule has 0 unspecified atom stereocenters. The molecule has 1 aromatic rings. The number of nitrogens with one attached hydrogen (secondary N) is 3. The lowest BCUT2D eigenvalue weighted by Gasteiger charge is -2.42. The van der Waals surface area contributed by atoms with E-state index >= 15 is 0 Å². The second-order valence-electron chi connectivity index (χ2n) is 9.37. The van der Waals surface area contributed by atoms with Crippen molar-refractivity contribution in [2.75, 3.05) is 53.2 Å². The molecule has 1 spiro atoms. The molecule has 0 saturated carbocycles. The molecule has 2 aliphatic rings. The first-order chi connectivity index (χ1) is 17.8. The minimum atomic E-state index is -1.16. The Morgan fingerprint density at radius 1 is 1.11 bits per heavy atom. The highest BCUT2D eigenvalue weighted by Gasteiger charge is 2.38. The third kappa shape index (κ3) is 9.30. The van der Waals surface area contributed by atoms with Crippen molar-refractivity contribution in [3.63, 3.8) is 0 Å². The highest BCUT2D eigenvalue weighted by atomic mass is 16.5. The average molecular weight is 520 g/mol. The lowest BCUT2D eigenvalue weighted by molar-refractivity contribution is -0.132. The van der Waals surface area contributed by atoms with Gasteiger partial charge in [0.15, 0.2) is 0 Å². The van der Waals surface area contributed by atoms with Crippen LogP contribution in [0.3, 0.4) is 0 Å². The fourth-order valence-electron chi connectivity index (χ4n) is 4.53. The summed E-state index contributed by atoms with van der Waals surface area (Å²) in [5, 5.41) is 8.21. The third-order valence-electron chi connectivity index (χ3n) is 6.50. The number of amides is 4. The Morgan fingerprint density at radius 3 is 2.59 bits per heavy atom. The van der Waals surface area contributed by atoms with Crippen molar-refractivity contribution < 1.29 is 33.4 Å². The minimum Gasteiger partial charge on any atom is -0.497 e. The predicted molar refractivity (Wildman–Crippen MR) is 133 cm³/mol. The van der Waals surface area contributed by atoms with E-state index in [-0.39, 0.29) is 51.7 Å². The SMILES string of the molecule is COc1cccc(CN2CCC3(CC2)CC(=O)N[C@H](C(N)=O)CC(=O)NCCOCCOCC(=O)N3)c1. The van der Waals surface area contributed by atoms with Gasteiger partial charge in [-0.2, -0.15) is 0 Å². The van der Waals surface area contributed by atoms with Gasteiger partial charge in [-0.15, -0.1) is 0 Å². The molecule has 2 aliphatic heterocycles. The summed E-state index contributed by atoms with van der Waals surface area (Å²) in [6, 6.07) is 6.68. The van der Waals surface area contributed by atoms with E-state index in [0.717, 1.165) is 11.3 Å². The first kappa shape index (κ1) is 28.4. The lowest BCUT2D eigenvalue weighted by Crippen LogP contribution is -2.58. The van der Waals surface area contributed by atoms with E-state index < -0.39 is 29.3 Å². The molecule has 0 aromatic heterocycles. The van der Waals surface area contributed by atoms with Crippen molar-refractivity contribution in [3.8, 4) is 5.75 Å². The maximum absolute atomic E-state index is 13.0. The fourth-order valence-corrected chi connectivity index (χ4v) is 4.53. The van der Waals surface area contributed by atoms with E-state index in [9.17, 15) is 19.2 Å². The molecule has 0 bridgehead atoms. The zero-order valence-electron chi connectivity index (χ0n) is 21.3. The number of primary amides is 1. The summed E-state index contributed by atoms with van der Waals surface area (Å²) >= 11 is 0. The van der Waals surface area contributed by atoms with Gasteiger partial charge in [0.05, 0.1) is 38.9 Å². The predicted octanol–water partition coefficient (Wildman–Crippen LogP) is -0.941. The van der Waals surface area contributed by atoms with Crippen molar-refractivity contribution in [2.24, 2.45) is 5.73 Å². The van der Waals surface area contributed by atoms with Crippen LogP contribution in [0, 0.1) is 0 Å². The first-order valence-corrected chi connectivity index (χ1v) is 12.5. The van der Waals surface area contributed by atoms with Crippen LogP contribution in [0.5, 0.6) is 5.75 Å².